The molecular formula is C32H19ClO. The van der Waals surface area contributed by atoms with E-state index in [-0.39, 0.29) is 0 Å². The Labute approximate surface area is 201 Å². The highest BCUT2D eigenvalue weighted by Crippen LogP contribution is 2.40. The third kappa shape index (κ3) is 2.95. The number of rotatable bonds is 2. The minimum atomic E-state index is 0.759. The molecule has 0 fully saturated rings. The van der Waals surface area contributed by atoms with Gasteiger partial charge in [-0.3, -0.25) is 0 Å². The maximum Gasteiger partial charge on any atom is 0.135 e. The average Bonchev–Trinajstić information content (AvgIpc) is 3.26. The molecule has 6 aromatic carbocycles. The zero-order valence-corrected chi connectivity index (χ0v) is 19.0. The second kappa shape index (κ2) is 7.48. The molecule has 0 radical (unpaired) electrons. The Hall–Kier alpha value is -4.07. The van der Waals surface area contributed by atoms with Crippen LogP contribution in [0, 0.1) is 0 Å². The summed E-state index contributed by atoms with van der Waals surface area (Å²) in [5.41, 5.74) is 6.04. The van der Waals surface area contributed by atoms with Crippen LogP contribution in [-0.2, 0) is 0 Å². The van der Waals surface area contributed by atoms with Crippen LogP contribution >= 0.6 is 11.6 Å². The first-order valence-electron chi connectivity index (χ1n) is 11.4. The number of benzene rings is 6. The lowest BCUT2D eigenvalue weighted by molar-refractivity contribution is 0.669. The normalized spacial score (nSPS) is 11.7. The van der Waals surface area contributed by atoms with Gasteiger partial charge in [0.05, 0.1) is 5.02 Å². The number of hydrogen-bond donors (Lipinski definition) is 0. The highest BCUT2D eigenvalue weighted by Gasteiger charge is 2.13. The van der Waals surface area contributed by atoms with Crippen molar-refractivity contribution in [3.05, 3.63) is 120 Å². The number of furan rings is 1. The molecule has 0 amide bonds. The topological polar surface area (TPSA) is 13.1 Å². The second-order valence-electron chi connectivity index (χ2n) is 8.70. The van der Waals surface area contributed by atoms with Crippen molar-refractivity contribution in [2.75, 3.05) is 0 Å². The molecule has 0 unspecified atom stereocenters. The van der Waals surface area contributed by atoms with Crippen LogP contribution in [0.25, 0.3) is 65.7 Å². The largest absolute Gasteiger partial charge is 0.456 e. The van der Waals surface area contributed by atoms with Gasteiger partial charge in [0.2, 0.25) is 0 Å². The minimum Gasteiger partial charge on any atom is -0.456 e. The fourth-order valence-corrected chi connectivity index (χ4v) is 5.40. The van der Waals surface area contributed by atoms with Crippen molar-refractivity contribution in [1.29, 1.82) is 0 Å². The smallest absolute Gasteiger partial charge is 0.135 e. The Morgan fingerprint density at radius 2 is 1.09 bits per heavy atom. The number of hydrogen-bond acceptors (Lipinski definition) is 1. The summed E-state index contributed by atoms with van der Waals surface area (Å²) >= 11 is 7.04. The van der Waals surface area contributed by atoms with Crippen LogP contribution in [0.15, 0.2) is 120 Å². The molecule has 1 heterocycles. The van der Waals surface area contributed by atoms with Crippen LogP contribution < -0.4 is 0 Å². The SMILES string of the molecule is Clc1c(-c2ccc3c(ccc4ccccc43)c2)cccc1-c1ccc2oc3ccccc3c2c1. The molecule has 7 aromatic rings. The Bertz CT molecular complexity index is 1880. The first-order valence-corrected chi connectivity index (χ1v) is 11.8. The lowest BCUT2D eigenvalue weighted by Crippen LogP contribution is -1.86. The Morgan fingerprint density at radius 3 is 1.97 bits per heavy atom. The van der Waals surface area contributed by atoms with Crippen molar-refractivity contribution in [3.63, 3.8) is 0 Å². The van der Waals surface area contributed by atoms with Crippen LogP contribution in [0.4, 0.5) is 0 Å². The molecule has 0 atom stereocenters. The number of para-hydroxylation sites is 1. The molecule has 0 saturated heterocycles. The molecule has 0 aliphatic heterocycles. The predicted molar refractivity (Wildman–Crippen MR) is 145 cm³/mol. The van der Waals surface area contributed by atoms with E-state index in [1.54, 1.807) is 0 Å². The lowest BCUT2D eigenvalue weighted by atomic mass is 9.95. The van der Waals surface area contributed by atoms with E-state index in [4.69, 9.17) is 16.0 Å². The highest BCUT2D eigenvalue weighted by atomic mass is 35.5. The Kier molecular flexibility index (Phi) is 4.27. The number of fused-ring (bicyclic) bond motifs is 6. The summed E-state index contributed by atoms with van der Waals surface area (Å²) < 4.78 is 6.01. The molecule has 0 aliphatic rings. The predicted octanol–water partition coefficient (Wildman–Crippen LogP) is 9.88. The van der Waals surface area contributed by atoms with Crippen molar-refractivity contribution in [1.82, 2.24) is 0 Å². The van der Waals surface area contributed by atoms with Gasteiger partial charge in [0.1, 0.15) is 11.2 Å². The Morgan fingerprint density at radius 1 is 0.441 bits per heavy atom. The van der Waals surface area contributed by atoms with Crippen molar-refractivity contribution < 1.29 is 4.42 Å². The third-order valence-electron chi connectivity index (χ3n) is 6.74. The van der Waals surface area contributed by atoms with Gasteiger partial charge in [-0.05, 0) is 56.9 Å². The summed E-state index contributed by atoms with van der Waals surface area (Å²) in [5.74, 6) is 0. The summed E-state index contributed by atoms with van der Waals surface area (Å²) in [7, 11) is 0. The van der Waals surface area contributed by atoms with E-state index < -0.39 is 0 Å². The first kappa shape index (κ1) is 19.4. The molecule has 0 aliphatic carbocycles. The monoisotopic (exact) mass is 454 g/mol. The lowest BCUT2D eigenvalue weighted by Gasteiger charge is -2.12. The summed E-state index contributed by atoms with van der Waals surface area (Å²) in [4.78, 5) is 0. The first-order chi connectivity index (χ1) is 16.8. The molecule has 2 heteroatoms. The molecule has 1 aromatic heterocycles. The molecule has 160 valence electrons. The minimum absolute atomic E-state index is 0.759. The average molecular weight is 455 g/mol. The molecule has 1 nitrogen and oxygen atoms in total. The maximum absolute atomic E-state index is 7.04. The summed E-state index contributed by atoms with van der Waals surface area (Å²) in [5, 5.41) is 7.97. The quantitative estimate of drug-likeness (QED) is 0.237. The number of halogens is 1. The summed E-state index contributed by atoms with van der Waals surface area (Å²) in [6, 6.07) is 40.2. The van der Waals surface area contributed by atoms with Gasteiger partial charge in [-0.15, -0.1) is 0 Å². The Balaban J connectivity index is 1.38. The van der Waals surface area contributed by atoms with Gasteiger partial charge in [-0.1, -0.05) is 103 Å². The van der Waals surface area contributed by atoms with E-state index in [9.17, 15) is 0 Å². The van der Waals surface area contributed by atoms with Crippen LogP contribution in [0.3, 0.4) is 0 Å². The molecule has 0 N–H and O–H groups in total. The summed E-state index contributed by atoms with van der Waals surface area (Å²) in [6.45, 7) is 0. The fourth-order valence-electron chi connectivity index (χ4n) is 5.05. The fraction of sp³-hybridized carbons (Fsp3) is 0. The molecule has 0 bridgehead atoms. The standard InChI is InChI=1S/C32H19ClO/c33-32-26(22-14-16-25-21(18-22)13-12-20-6-1-2-7-24(20)25)9-5-10-27(32)23-15-17-31-29(19-23)28-8-3-4-11-30(28)34-31/h1-19H. The van der Waals surface area contributed by atoms with Gasteiger partial charge >= 0.3 is 0 Å². The van der Waals surface area contributed by atoms with E-state index in [0.29, 0.717) is 0 Å². The second-order valence-corrected chi connectivity index (χ2v) is 9.08. The van der Waals surface area contributed by atoms with E-state index in [2.05, 4.69) is 91.0 Å². The molecule has 7 rings (SSSR count). The molecule has 34 heavy (non-hydrogen) atoms. The van der Waals surface area contributed by atoms with Crippen LogP contribution in [0.5, 0.6) is 0 Å². The van der Waals surface area contributed by atoms with Gasteiger partial charge in [0.15, 0.2) is 0 Å². The van der Waals surface area contributed by atoms with E-state index >= 15 is 0 Å². The molecule has 0 spiro atoms. The van der Waals surface area contributed by atoms with Crippen molar-refractivity contribution in [3.8, 4) is 22.3 Å². The zero-order valence-electron chi connectivity index (χ0n) is 18.3. The van der Waals surface area contributed by atoms with Crippen molar-refractivity contribution >= 4 is 55.1 Å². The van der Waals surface area contributed by atoms with Gasteiger partial charge < -0.3 is 4.42 Å². The van der Waals surface area contributed by atoms with E-state index in [1.165, 1.54) is 21.5 Å². The van der Waals surface area contributed by atoms with Crippen LogP contribution in [-0.4, -0.2) is 0 Å². The maximum atomic E-state index is 7.04. The van der Waals surface area contributed by atoms with Crippen molar-refractivity contribution in [2.45, 2.75) is 0 Å². The van der Waals surface area contributed by atoms with Gasteiger partial charge in [0, 0.05) is 21.9 Å². The van der Waals surface area contributed by atoms with Crippen molar-refractivity contribution in [2.24, 2.45) is 0 Å². The van der Waals surface area contributed by atoms with Crippen LogP contribution in [0.1, 0.15) is 0 Å². The van der Waals surface area contributed by atoms with Gasteiger partial charge in [-0.2, -0.15) is 0 Å². The zero-order chi connectivity index (χ0) is 22.6. The highest BCUT2D eigenvalue weighted by molar-refractivity contribution is 6.36. The molecule has 0 saturated carbocycles. The van der Waals surface area contributed by atoms with Gasteiger partial charge in [0.25, 0.3) is 0 Å². The molecular weight excluding hydrogens is 436 g/mol. The van der Waals surface area contributed by atoms with E-state index in [0.717, 1.165) is 49.2 Å². The summed E-state index contributed by atoms with van der Waals surface area (Å²) in [6.07, 6.45) is 0. The van der Waals surface area contributed by atoms with E-state index in [1.807, 2.05) is 24.3 Å². The van der Waals surface area contributed by atoms with Crippen LogP contribution in [0.2, 0.25) is 5.02 Å². The third-order valence-corrected chi connectivity index (χ3v) is 7.15. The van der Waals surface area contributed by atoms with Gasteiger partial charge in [-0.25, -0.2) is 0 Å².